The standard InChI is InChI=1S/C30H51NO9/c1-9-24-21(15-32)12-16(2)10-11-22(33)17(3)13-18(4)29(19(5)23(34)14-25(35)39-24)40-30-28(37)26(31(7)8)27(36)20(6)38-30/h10-12,17-21,23-24,26-30,32,34,36-37H,9,13-15H2,1-8H3/t17-,18+,19+,20?,21-,23-,24-,26?,27?,28?,29+,30?/m1/s1. The van der Waals surface area contributed by atoms with Crippen molar-refractivity contribution in [3.8, 4) is 0 Å². The summed E-state index contributed by atoms with van der Waals surface area (Å²) >= 11 is 0. The number of hydrogen-bond acceptors (Lipinski definition) is 10. The van der Waals surface area contributed by atoms with E-state index in [0.29, 0.717) is 12.8 Å². The Hall–Kier alpha value is -1.66. The Morgan fingerprint density at radius 1 is 1.05 bits per heavy atom. The summed E-state index contributed by atoms with van der Waals surface area (Å²) in [6, 6.07) is -0.641. The Kier molecular flexibility index (Phi) is 13.4. The van der Waals surface area contributed by atoms with Crippen LogP contribution in [-0.2, 0) is 23.8 Å². The van der Waals surface area contributed by atoms with Gasteiger partial charge in [0.1, 0.15) is 12.2 Å². The number of cyclic esters (lactones) is 1. The molecule has 0 aromatic carbocycles. The van der Waals surface area contributed by atoms with Gasteiger partial charge in [-0.2, -0.15) is 0 Å². The molecule has 230 valence electrons. The van der Waals surface area contributed by atoms with Gasteiger partial charge in [0.2, 0.25) is 0 Å². The fourth-order valence-electron chi connectivity index (χ4n) is 5.79. The molecule has 0 bridgehead atoms. The van der Waals surface area contributed by atoms with E-state index >= 15 is 0 Å². The molecule has 0 amide bonds. The number of ketones is 1. The number of carbonyl (C=O) groups excluding carboxylic acids is 2. The molecule has 10 nitrogen and oxygen atoms in total. The molecule has 0 aromatic rings. The summed E-state index contributed by atoms with van der Waals surface area (Å²) in [5.74, 6) is -2.36. The minimum Gasteiger partial charge on any atom is -0.462 e. The molecule has 1 fully saturated rings. The Morgan fingerprint density at radius 3 is 2.27 bits per heavy atom. The Bertz CT molecular complexity index is 890. The molecular formula is C30H51NO9. The monoisotopic (exact) mass is 569 g/mol. The maximum absolute atomic E-state index is 13.0. The van der Waals surface area contributed by atoms with Crippen LogP contribution in [0.4, 0.5) is 0 Å². The molecular weight excluding hydrogens is 518 g/mol. The molecule has 0 spiro atoms. The third-order valence-corrected chi connectivity index (χ3v) is 8.33. The van der Waals surface area contributed by atoms with E-state index in [-0.39, 0.29) is 30.6 Å². The summed E-state index contributed by atoms with van der Waals surface area (Å²) in [5, 5.41) is 42.8. The lowest BCUT2D eigenvalue weighted by Crippen LogP contribution is -2.63. The predicted octanol–water partition coefficient (Wildman–Crippen LogP) is 1.83. The molecule has 2 aliphatic heterocycles. The molecule has 12 atom stereocenters. The van der Waals surface area contributed by atoms with Crippen molar-refractivity contribution in [1.29, 1.82) is 0 Å². The highest BCUT2D eigenvalue weighted by Crippen LogP contribution is 2.33. The van der Waals surface area contributed by atoms with Crippen molar-refractivity contribution < 1.29 is 44.2 Å². The summed E-state index contributed by atoms with van der Waals surface area (Å²) in [6.07, 6.45) is -0.670. The van der Waals surface area contributed by atoms with Crippen LogP contribution in [0.5, 0.6) is 0 Å². The zero-order chi connectivity index (χ0) is 30.3. The van der Waals surface area contributed by atoms with Crippen LogP contribution in [0.2, 0.25) is 0 Å². The molecule has 1 saturated heterocycles. The molecule has 10 heteroatoms. The summed E-state index contributed by atoms with van der Waals surface area (Å²) in [7, 11) is 3.50. The average Bonchev–Trinajstić information content (AvgIpc) is 2.89. The number of nitrogens with zero attached hydrogens (tertiary/aromatic N) is 1. The van der Waals surface area contributed by atoms with E-state index < -0.39 is 66.8 Å². The van der Waals surface area contributed by atoms with E-state index in [1.807, 2.05) is 27.7 Å². The zero-order valence-corrected chi connectivity index (χ0v) is 25.3. The van der Waals surface area contributed by atoms with E-state index in [1.165, 1.54) is 6.08 Å². The van der Waals surface area contributed by atoms with Gasteiger partial charge in [-0.05, 0) is 52.8 Å². The molecule has 0 radical (unpaired) electrons. The third-order valence-electron chi connectivity index (χ3n) is 8.33. The minimum atomic E-state index is -1.18. The lowest BCUT2D eigenvalue weighted by molar-refractivity contribution is -0.303. The number of carbonyl (C=O) groups is 2. The molecule has 4 N–H and O–H groups in total. The lowest BCUT2D eigenvalue weighted by Gasteiger charge is -2.46. The Morgan fingerprint density at radius 2 is 1.70 bits per heavy atom. The fourth-order valence-corrected chi connectivity index (χ4v) is 5.79. The van der Waals surface area contributed by atoms with Gasteiger partial charge >= 0.3 is 5.97 Å². The van der Waals surface area contributed by atoms with E-state index in [9.17, 15) is 30.0 Å². The van der Waals surface area contributed by atoms with Crippen molar-refractivity contribution >= 4 is 11.8 Å². The topological polar surface area (TPSA) is 146 Å². The van der Waals surface area contributed by atoms with Gasteiger partial charge in [0, 0.05) is 17.8 Å². The summed E-state index contributed by atoms with van der Waals surface area (Å²) in [4.78, 5) is 27.6. The van der Waals surface area contributed by atoms with Gasteiger partial charge in [0.15, 0.2) is 12.1 Å². The molecule has 2 rings (SSSR count). The van der Waals surface area contributed by atoms with Crippen molar-refractivity contribution in [1.82, 2.24) is 4.90 Å². The predicted molar refractivity (Wildman–Crippen MR) is 150 cm³/mol. The van der Waals surface area contributed by atoms with Crippen LogP contribution in [0.1, 0.15) is 60.8 Å². The van der Waals surface area contributed by atoms with Gasteiger partial charge < -0.3 is 39.5 Å². The first-order valence-corrected chi connectivity index (χ1v) is 14.4. The van der Waals surface area contributed by atoms with Gasteiger partial charge in [-0.25, -0.2) is 0 Å². The zero-order valence-electron chi connectivity index (χ0n) is 25.3. The molecule has 0 aliphatic carbocycles. The summed E-state index contributed by atoms with van der Waals surface area (Å²) in [5.41, 5.74) is 0.763. The molecule has 2 heterocycles. The minimum absolute atomic E-state index is 0.0731. The van der Waals surface area contributed by atoms with E-state index in [1.54, 1.807) is 45.0 Å². The van der Waals surface area contributed by atoms with Crippen LogP contribution in [0.25, 0.3) is 0 Å². The normalized spacial score (nSPS) is 41.1. The molecule has 0 saturated carbocycles. The van der Waals surface area contributed by atoms with Crippen LogP contribution in [-0.4, -0.2) is 107 Å². The summed E-state index contributed by atoms with van der Waals surface area (Å²) < 4.78 is 17.9. The Balaban J connectivity index is 2.42. The SMILES string of the molecule is CC[C@H]1OC(=O)C[C@@H](O)[C@H](C)[C@@H](OC2OC(C)C(O)C(N(C)C)C2O)[C@@H](C)C[C@@H](C)C(=O)C=CC(C)=C[C@@H]1CO. The van der Waals surface area contributed by atoms with Crippen molar-refractivity contribution in [2.24, 2.45) is 23.7 Å². The first kappa shape index (κ1) is 34.5. The van der Waals surface area contributed by atoms with E-state index in [0.717, 1.165) is 5.57 Å². The highest BCUT2D eigenvalue weighted by atomic mass is 16.7. The van der Waals surface area contributed by atoms with Crippen LogP contribution < -0.4 is 0 Å². The van der Waals surface area contributed by atoms with Gasteiger partial charge in [0.25, 0.3) is 0 Å². The largest absolute Gasteiger partial charge is 0.462 e. The highest BCUT2D eigenvalue weighted by molar-refractivity contribution is 5.91. The second kappa shape index (κ2) is 15.5. The van der Waals surface area contributed by atoms with Gasteiger partial charge in [-0.1, -0.05) is 45.4 Å². The number of esters is 1. The average molecular weight is 570 g/mol. The van der Waals surface area contributed by atoms with Crippen molar-refractivity contribution in [3.05, 3.63) is 23.8 Å². The quantitative estimate of drug-likeness (QED) is 0.362. The first-order chi connectivity index (χ1) is 18.7. The number of aliphatic hydroxyl groups is 4. The maximum Gasteiger partial charge on any atom is 0.308 e. The molecule has 40 heavy (non-hydrogen) atoms. The third kappa shape index (κ3) is 8.92. The Labute approximate surface area is 239 Å². The van der Waals surface area contributed by atoms with Crippen molar-refractivity contribution in [2.75, 3.05) is 20.7 Å². The molecule has 5 unspecified atom stereocenters. The maximum atomic E-state index is 13.0. The number of ether oxygens (including phenoxy) is 3. The van der Waals surface area contributed by atoms with Crippen LogP contribution in [0.15, 0.2) is 23.8 Å². The van der Waals surface area contributed by atoms with Crippen molar-refractivity contribution in [3.63, 3.8) is 0 Å². The van der Waals surface area contributed by atoms with E-state index in [2.05, 4.69) is 0 Å². The summed E-state index contributed by atoms with van der Waals surface area (Å²) in [6.45, 7) is 10.6. The van der Waals surface area contributed by atoms with Crippen LogP contribution in [0, 0.1) is 23.7 Å². The highest BCUT2D eigenvalue weighted by Gasteiger charge is 2.46. The second-order valence-corrected chi connectivity index (χ2v) is 11.9. The van der Waals surface area contributed by atoms with Crippen molar-refractivity contribution in [2.45, 2.75) is 110 Å². The van der Waals surface area contributed by atoms with Crippen LogP contribution >= 0.6 is 0 Å². The molecule has 0 aromatic heterocycles. The fraction of sp³-hybridized carbons (Fsp3) is 0.800. The number of rotatable bonds is 5. The number of allylic oxidation sites excluding steroid dienone is 3. The van der Waals surface area contributed by atoms with Gasteiger partial charge in [0.05, 0.1) is 43.5 Å². The first-order valence-electron chi connectivity index (χ1n) is 14.4. The van der Waals surface area contributed by atoms with E-state index in [4.69, 9.17) is 14.2 Å². The second-order valence-electron chi connectivity index (χ2n) is 11.9. The van der Waals surface area contributed by atoms with Gasteiger partial charge in [-0.15, -0.1) is 0 Å². The van der Waals surface area contributed by atoms with Crippen LogP contribution in [0.3, 0.4) is 0 Å². The lowest BCUT2D eigenvalue weighted by atomic mass is 9.82. The van der Waals surface area contributed by atoms with Gasteiger partial charge in [-0.3, -0.25) is 9.59 Å². The number of aliphatic hydroxyl groups excluding tert-OH is 4. The molecule has 2 aliphatic rings. The number of hydrogen-bond donors (Lipinski definition) is 4. The number of likely N-dealkylation sites (N-methyl/N-ethyl adjacent to an activating group) is 1. The smallest absolute Gasteiger partial charge is 0.308 e.